The van der Waals surface area contributed by atoms with Gasteiger partial charge < -0.3 is 9.84 Å². The first-order chi connectivity index (χ1) is 6.24. The van der Waals surface area contributed by atoms with Crippen LogP contribution in [0.25, 0.3) is 0 Å². The van der Waals surface area contributed by atoms with Crippen molar-refractivity contribution < 1.29 is 9.84 Å². The topological polar surface area (TPSA) is 29.5 Å². The largest absolute Gasteiger partial charge is 0.506 e. The van der Waals surface area contributed by atoms with Gasteiger partial charge in [0.2, 0.25) is 0 Å². The number of halogens is 1. The standard InChI is InChI=1S/C10H13ClO2/c1-2-3-6-13-8-4-5-9(11)10(12)7-8/h4-5,7,12H,2-3,6H2,1H3. The Morgan fingerprint density at radius 1 is 1.46 bits per heavy atom. The van der Waals surface area contributed by atoms with Crippen molar-refractivity contribution in [1.29, 1.82) is 0 Å². The van der Waals surface area contributed by atoms with Gasteiger partial charge in [-0.05, 0) is 18.6 Å². The summed E-state index contributed by atoms with van der Waals surface area (Å²) in [5, 5.41) is 9.59. The van der Waals surface area contributed by atoms with Crippen molar-refractivity contribution in [2.75, 3.05) is 6.61 Å². The third kappa shape index (κ3) is 3.15. The van der Waals surface area contributed by atoms with E-state index in [1.807, 2.05) is 0 Å². The normalized spacial score (nSPS) is 10.0. The molecule has 0 saturated heterocycles. The van der Waals surface area contributed by atoms with Crippen LogP contribution in [0, 0.1) is 0 Å². The van der Waals surface area contributed by atoms with E-state index >= 15 is 0 Å². The Morgan fingerprint density at radius 3 is 2.85 bits per heavy atom. The first-order valence-corrected chi connectivity index (χ1v) is 4.73. The molecule has 3 heteroatoms. The number of rotatable bonds is 4. The summed E-state index contributed by atoms with van der Waals surface area (Å²) in [5.41, 5.74) is 0. The number of phenolic OH excluding ortho intramolecular Hbond substituents is 1. The number of aromatic hydroxyl groups is 1. The summed E-state index contributed by atoms with van der Waals surface area (Å²) in [4.78, 5) is 0. The van der Waals surface area contributed by atoms with Crippen molar-refractivity contribution in [2.45, 2.75) is 19.8 Å². The highest BCUT2D eigenvalue weighted by molar-refractivity contribution is 6.32. The summed E-state index contributed by atoms with van der Waals surface area (Å²) in [5.74, 6) is 0.728. The molecule has 0 spiro atoms. The molecule has 2 nitrogen and oxygen atoms in total. The van der Waals surface area contributed by atoms with Gasteiger partial charge in [0.1, 0.15) is 11.5 Å². The van der Waals surface area contributed by atoms with Gasteiger partial charge in [-0.3, -0.25) is 0 Å². The van der Waals surface area contributed by atoms with Crippen molar-refractivity contribution >= 4 is 11.6 Å². The lowest BCUT2D eigenvalue weighted by Crippen LogP contribution is -1.95. The number of unbranched alkanes of at least 4 members (excludes halogenated alkanes) is 1. The third-order valence-corrected chi connectivity index (χ3v) is 2.00. The van der Waals surface area contributed by atoms with Crippen LogP contribution >= 0.6 is 11.6 Å². The number of benzene rings is 1. The molecule has 0 saturated carbocycles. The number of phenols is 1. The average Bonchev–Trinajstić information content (AvgIpc) is 2.12. The van der Waals surface area contributed by atoms with Crippen LogP contribution in [0.2, 0.25) is 5.02 Å². The van der Waals surface area contributed by atoms with Gasteiger partial charge in [-0.25, -0.2) is 0 Å². The lowest BCUT2D eigenvalue weighted by Gasteiger charge is -2.05. The minimum Gasteiger partial charge on any atom is -0.506 e. The second-order valence-electron chi connectivity index (χ2n) is 2.82. The number of hydrogen-bond donors (Lipinski definition) is 1. The third-order valence-electron chi connectivity index (χ3n) is 1.68. The van der Waals surface area contributed by atoms with E-state index in [9.17, 15) is 5.11 Å². The van der Waals surface area contributed by atoms with Crippen LogP contribution in [0.5, 0.6) is 11.5 Å². The van der Waals surface area contributed by atoms with Gasteiger partial charge in [-0.15, -0.1) is 0 Å². The predicted molar refractivity (Wildman–Crippen MR) is 53.5 cm³/mol. The zero-order valence-electron chi connectivity index (χ0n) is 7.59. The zero-order valence-corrected chi connectivity index (χ0v) is 8.34. The Morgan fingerprint density at radius 2 is 2.23 bits per heavy atom. The number of hydrogen-bond acceptors (Lipinski definition) is 2. The average molecular weight is 201 g/mol. The van der Waals surface area contributed by atoms with E-state index in [1.54, 1.807) is 12.1 Å². The van der Waals surface area contributed by atoms with Crippen LogP contribution in [0.3, 0.4) is 0 Å². The molecule has 0 bridgehead atoms. The highest BCUT2D eigenvalue weighted by Gasteiger charge is 1.99. The molecule has 1 rings (SSSR count). The van der Waals surface area contributed by atoms with Gasteiger partial charge in [0.25, 0.3) is 0 Å². The molecule has 0 radical (unpaired) electrons. The molecule has 72 valence electrons. The Kier molecular flexibility index (Phi) is 3.90. The highest BCUT2D eigenvalue weighted by Crippen LogP contribution is 2.27. The molecule has 0 aliphatic heterocycles. The summed E-state index contributed by atoms with van der Waals surface area (Å²) in [6, 6.07) is 4.90. The molecule has 0 heterocycles. The van der Waals surface area contributed by atoms with E-state index < -0.39 is 0 Å². The van der Waals surface area contributed by atoms with Crippen LogP contribution in [-0.4, -0.2) is 11.7 Å². The maximum absolute atomic E-state index is 9.24. The van der Waals surface area contributed by atoms with Gasteiger partial charge in [0, 0.05) is 6.07 Å². The quantitative estimate of drug-likeness (QED) is 0.757. The van der Waals surface area contributed by atoms with Crippen LogP contribution in [-0.2, 0) is 0 Å². The molecule has 0 aliphatic carbocycles. The second-order valence-corrected chi connectivity index (χ2v) is 3.22. The Hall–Kier alpha value is -0.890. The first-order valence-electron chi connectivity index (χ1n) is 4.35. The van der Waals surface area contributed by atoms with Crippen molar-refractivity contribution in [1.82, 2.24) is 0 Å². The summed E-state index contributed by atoms with van der Waals surface area (Å²) in [7, 11) is 0. The fourth-order valence-electron chi connectivity index (χ4n) is 0.917. The van der Waals surface area contributed by atoms with Gasteiger partial charge >= 0.3 is 0 Å². The summed E-state index contributed by atoms with van der Waals surface area (Å²) in [6.45, 7) is 2.78. The van der Waals surface area contributed by atoms with Gasteiger partial charge in [0.15, 0.2) is 0 Å². The molecule has 0 amide bonds. The van der Waals surface area contributed by atoms with Gasteiger partial charge in [-0.2, -0.15) is 0 Å². The SMILES string of the molecule is CCCCOc1ccc(Cl)c(O)c1. The summed E-state index contributed by atoms with van der Waals surface area (Å²) < 4.78 is 5.36. The number of ether oxygens (including phenoxy) is 1. The molecule has 0 aromatic heterocycles. The van der Waals surface area contributed by atoms with Crippen LogP contribution < -0.4 is 4.74 Å². The van der Waals surface area contributed by atoms with E-state index in [0.717, 1.165) is 12.8 Å². The summed E-state index contributed by atoms with van der Waals surface area (Å²) in [6.07, 6.45) is 2.11. The molecule has 1 N–H and O–H groups in total. The maximum atomic E-state index is 9.24. The minimum absolute atomic E-state index is 0.0654. The predicted octanol–water partition coefficient (Wildman–Crippen LogP) is 3.22. The van der Waals surface area contributed by atoms with E-state index in [0.29, 0.717) is 17.4 Å². The first kappa shape index (κ1) is 10.2. The fourth-order valence-corrected chi connectivity index (χ4v) is 1.03. The van der Waals surface area contributed by atoms with Crippen LogP contribution in [0.1, 0.15) is 19.8 Å². The minimum atomic E-state index is 0.0654. The van der Waals surface area contributed by atoms with Gasteiger partial charge in [0.05, 0.1) is 11.6 Å². The molecule has 0 fully saturated rings. The van der Waals surface area contributed by atoms with E-state index in [-0.39, 0.29) is 5.75 Å². The second kappa shape index (κ2) is 4.97. The molecule has 0 aliphatic rings. The molecule has 1 aromatic rings. The monoisotopic (exact) mass is 200 g/mol. The molecular formula is C10H13ClO2. The van der Waals surface area contributed by atoms with Crippen LogP contribution in [0.4, 0.5) is 0 Å². The van der Waals surface area contributed by atoms with E-state index in [2.05, 4.69) is 6.92 Å². The fraction of sp³-hybridized carbons (Fsp3) is 0.400. The van der Waals surface area contributed by atoms with Crippen LogP contribution in [0.15, 0.2) is 18.2 Å². The molecule has 1 aromatic carbocycles. The Bertz CT molecular complexity index is 274. The molecule has 0 unspecified atom stereocenters. The van der Waals surface area contributed by atoms with E-state index in [1.165, 1.54) is 6.07 Å². The lowest BCUT2D eigenvalue weighted by molar-refractivity contribution is 0.307. The smallest absolute Gasteiger partial charge is 0.137 e. The maximum Gasteiger partial charge on any atom is 0.137 e. The van der Waals surface area contributed by atoms with Crippen molar-refractivity contribution in [3.63, 3.8) is 0 Å². The Labute approximate surface area is 83.1 Å². The molecular weight excluding hydrogens is 188 g/mol. The molecule has 0 atom stereocenters. The van der Waals surface area contributed by atoms with E-state index in [4.69, 9.17) is 16.3 Å². The lowest BCUT2D eigenvalue weighted by atomic mass is 10.3. The Balaban J connectivity index is 2.53. The van der Waals surface area contributed by atoms with Crippen molar-refractivity contribution in [3.05, 3.63) is 23.2 Å². The van der Waals surface area contributed by atoms with Crippen molar-refractivity contribution in [3.8, 4) is 11.5 Å². The van der Waals surface area contributed by atoms with Gasteiger partial charge in [-0.1, -0.05) is 24.9 Å². The van der Waals surface area contributed by atoms with Crippen molar-refractivity contribution in [2.24, 2.45) is 0 Å². The highest BCUT2D eigenvalue weighted by atomic mass is 35.5. The summed E-state index contributed by atoms with van der Waals surface area (Å²) >= 11 is 5.64. The zero-order chi connectivity index (χ0) is 9.68. The molecule has 13 heavy (non-hydrogen) atoms.